The molecule has 1 aromatic carbocycles. The summed E-state index contributed by atoms with van der Waals surface area (Å²) in [7, 11) is 0. The lowest BCUT2D eigenvalue weighted by molar-refractivity contribution is 0.118. The smallest absolute Gasteiger partial charge is 0.161 e. The molecule has 156 valence electrons. The van der Waals surface area contributed by atoms with Crippen LogP contribution in [0.5, 0.6) is 11.5 Å². The molecule has 0 bridgehead atoms. The van der Waals surface area contributed by atoms with Gasteiger partial charge in [-0.2, -0.15) is 5.10 Å². The Kier molecular flexibility index (Phi) is 4.92. The Hall–Kier alpha value is -2.90. The number of fused-ring (bicyclic) bond motifs is 2. The number of hydrogen-bond acceptors (Lipinski definition) is 6. The molecule has 0 spiro atoms. The van der Waals surface area contributed by atoms with E-state index >= 15 is 0 Å². The number of hydrogen-bond donors (Lipinski definition) is 1. The SMILES string of the molecule is Cc1cc(C)n2nc(C3=CCN(C[C@H](O)c4ccc5c(c4)OCCO5)CC3)cc2n1. The largest absolute Gasteiger partial charge is 0.486 e. The van der Waals surface area contributed by atoms with Crippen molar-refractivity contribution in [2.45, 2.75) is 26.4 Å². The fraction of sp³-hybridized carbons (Fsp3) is 0.391. The standard InChI is InChI=1S/C23H26N4O3/c1-15-11-16(2)27-23(24-15)13-19(25-27)17-5-7-26(8-6-17)14-20(28)18-3-4-21-22(12-18)30-10-9-29-21/h3-5,11-13,20,28H,6-10,14H2,1-2H3/t20-/m0/s1. The highest BCUT2D eigenvalue weighted by Crippen LogP contribution is 2.33. The van der Waals surface area contributed by atoms with E-state index in [-0.39, 0.29) is 0 Å². The predicted molar refractivity (Wildman–Crippen MR) is 114 cm³/mol. The normalized spacial score (nSPS) is 17.8. The lowest BCUT2D eigenvalue weighted by atomic mass is 10.0. The van der Waals surface area contributed by atoms with E-state index in [2.05, 4.69) is 29.0 Å². The van der Waals surface area contributed by atoms with Crippen LogP contribution >= 0.6 is 0 Å². The van der Waals surface area contributed by atoms with Crippen LogP contribution < -0.4 is 9.47 Å². The third-order valence-corrected chi connectivity index (χ3v) is 5.74. The number of aromatic nitrogens is 3. The summed E-state index contributed by atoms with van der Waals surface area (Å²) in [4.78, 5) is 6.84. The Morgan fingerprint density at radius 3 is 2.73 bits per heavy atom. The summed E-state index contributed by atoms with van der Waals surface area (Å²) < 4.78 is 13.1. The van der Waals surface area contributed by atoms with Gasteiger partial charge in [-0.1, -0.05) is 12.1 Å². The summed E-state index contributed by atoms with van der Waals surface area (Å²) in [6.45, 7) is 7.42. The molecule has 0 unspecified atom stereocenters. The van der Waals surface area contributed by atoms with Crippen LogP contribution in [0.4, 0.5) is 0 Å². The molecule has 0 radical (unpaired) electrons. The van der Waals surface area contributed by atoms with Crippen molar-refractivity contribution >= 4 is 11.2 Å². The van der Waals surface area contributed by atoms with Crippen LogP contribution in [0.2, 0.25) is 0 Å². The Morgan fingerprint density at radius 2 is 1.93 bits per heavy atom. The van der Waals surface area contributed by atoms with Gasteiger partial charge in [0.1, 0.15) is 13.2 Å². The maximum absolute atomic E-state index is 10.7. The number of aryl methyl sites for hydroxylation is 2. The molecule has 5 rings (SSSR count). The van der Waals surface area contributed by atoms with Gasteiger partial charge < -0.3 is 14.6 Å². The lowest BCUT2D eigenvalue weighted by Gasteiger charge is -2.28. The molecule has 0 aliphatic carbocycles. The third-order valence-electron chi connectivity index (χ3n) is 5.74. The van der Waals surface area contributed by atoms with E-state index in [4.69, 9.17) is 14.6 Å². The maximum Gasteiger partial charge on any atom is 0.161 e. The molecule has 2 aliphatic rings. The van der Waals surface area contributed by atoms with Crippen LogP contribution in [-0.2, 0) is 0 Å². The van der Waals surface area contributed by atoms with Gasteiger partial charge in [0, 0.05) is 37.1 Å². The number of ether oxygens (including phenoxy) is 2. The molecule has 7 nitrogen and oxygen atoms in total. The molecule has 2 aromatic heterocycles. The van der Waals surface area contributed by atoms with E-state index in [1.165, 1.54) is 5.57 Å². The van der Waals surface area contributed by atoms with Gasteiger partial charge in [-0.3, -0.25) is 4.90 Å². The van der Waals surface area contributed by atoms with Crippen LogP contribution in [-0.4, -0.2) is 57.5 Å². The Morgan fingerprint density at radius 1 is 1.10 bits per heavy atom. The van der Waals surface area contributed by atoms with Crippen molar-refractivity contribution in [3.63, 3.8) is 0 Å². The Labute approximate surface area is 175 Å². The summed E-state index contributed by atoms with van der Waals surface area (Å²) in [6.07, 6.45) is 2.54. The molecule has 2 aliphatic heterocycles. The van der Waals surface area contributed by atoms with Gasteiger partial charge in [0.2, 0.25) is 0 Å². The van der Waals surface area contributed by atoms with Crippen LogP contribution in [0, 0.1) is 13.8 Å². The summed E-state index contributed by atoms with van der Waals surface area (Å²) >= 11 is 0. The predicted octanol–water partition coefficient (Wildman–Crippen LogP) is 2.94. The molecule has 0 saturated carbocycles. The number of rotatable bonds is 4. The molecule has 0 fully saturated rings. The Balaban J connectivity index is 1.27. The highest BCUT2D eigenvalue weighted by Gasteiger charge is 2.21. The van der Waals surface area contributed by atoms with Gasteiger partial charge in [0.05, 0.1) is 11.8 Å². The van der Waals surface area contributed by atoms with Gasteiger partial charge in [-0.25, -0.2) is 9.50 Å². The molecule has 0 saturated heterocycles. The van der Waals surface area contributed by atoms with Crippen molar-refractivity contribution in [1.82, 2.24) is 19.5 Å². The van der Waals surface area contributed by atoms with E-state index in [1.54, 1.807) is 0 Å². The molecule has 30 heavy (non-hydrogen) atoms. The van der Waals surface area contributed by atoms with E-state index in [0.29, 0.717) is 25.5 Å². The first-order valence-corrected chi connectivity index (χ1v) is 10.4. The average molecular weight is 406 g/mol. The minimum Gasteiger partial charge on any atom is -0.486 e. The number of β-amino-alcohol motifs (C(OH)–C–C–N with tert-alkyl or cyclic N) is 1. The zero-order valence-electron chi connectivity index (χ0n) is 17.3. The number of nitrogens with zero attached hydrogens (tertiary/aromatic N) is 4. The minimum atomic E-state index is -0.569. The molecule has 1 atom stereocenters. The van der Waals surface area contributed by atoms with Crippen LogP contribution in [0.1, 0.15) is 35.2 Å². The first-order valence-electron chi connectivity index (χ1n) is 10.4. The second-order valence-corrected chi connectivity index (χ2v) is 8.00. The summed E-state index contributed by atoms with van der Waals surface area (Å²) in [5.41, 5.74) is 6.06. The summed E-state index contributed by atoms with van der Waals surface area (Å²) in [5.74, 6) is 1.46. The molecule has 4 heterocycles. The number of aliphatic hydroxyl groups excluding tert-OH is 1. The van der Waals surface area contributed by atoms with E-state index in [1.807, 2.05) is 35.7 Å². The van der Waals surface area contributed by atoms with Crippen molar-refractivity contribution in [3.8, 4) is 11.5 Å². The first kappa shape index (κ1) is 19.1. The number of benzene rings is 1. The highest BCUT2D eigenvalue weighted by molar-refractivity contribution is 5.67. The second kappa shape index (κ2) is 7.74. The van der Waals surface area contributed by atoms with Gasteiger partial charge in [-0.05, 0) is 49.6 Å². The fourth-order valence-electron chi connectivity index (χ4n) is 4.17. The summed E-state index contributed by atoms with van der Waals surface area (Å²) in [6, 6.07) is 9.78. The molecular formula is C23H26N4O3. The van der Waals surface area contributed by atoms with Crippen molar-refractivity contribution in [1.29, 1.82) is 0 Å². The number of aliphatic hydroxyl groups is 1. The first-order chi connectivity index (χ1) is 14.6. The minimum absolute atomic E-state index is 0.546. The van der Waals surface area contributed by atoms with Crippen molar-refractivity contribution in [2.75, 3.05) is 32.8 Å². The Bertz CT molecular complexity index is 1120. The molecule has 1 N–H and O–H groups in total. The molecule has 7 heteroatoms. The maximum atomic E-state index is 10.7. The van der Waals surface area contributed by atoms with Crippen molar-refractivity contribution in [3.05, 3.63) is 59.1 Å². The van der Waals surface area contributed by atoms with Crippen LogP contribution in [0.15, 0.2) is 36.4 Å². The fourth-order valence-corrected chi connectivity index (χ4v) is 4.17. The van der Waals surface area contributed by atoms with Gasteiger partial charge >= 0.3 is 0 Å². The van der Waals surface area contributed by atoms with Gasteiger partial charge in [0.15, 0.2) is 17.1 Å². The third kappa shape index (κ3) is 3.66. The molecular weight excluding hydrogens is 380 g/mol. The van der Waals surface area contributed by atoms with Crippen LogP contribution in [0.3, 0.4) is 0 Å². The lowest BCUT2D eigenvalue weighted by Crippen LogP contribution is -2.32. The van der Waals surface area contributed by atoms with Crippen molar-refractivity contribution in [2.24, 2.45) is 0 Å². The van der Waals surface area contributed by atoms with E-state index in [9.17, 15) is 5.11 Å². The summed E-state index contributed by atoms with van der Waals surface area (Å²) in [5, 5.41) is 15.5. The van der Waals surface area contributed by atoms with E-state index in [0.717, 1.165) is 53.6 Å². The second-order valence-electron chi connectivity index (χ2n) is 8.00. The quantitative estimate of drug-likeness (QED) is 0.718. The monoisotopic (exact) mass is 406 g/mol. The average Bonchev–Trinajstić information content (AvgIpc) is 3.18. The molecule has 3 aromatic rings. The highest BCUT2D eigenvalue weighted by atomic mass is 16.6. The van der Waals surface area contributed by atoms with Crippen LogP contribution in [0.25, 0.3) is 11.2 Å². The van der Waals surface area contributed by atoms with Gasteiger partial charge in [-0.15, -0.1) is 0 Å². The van der Waals surface area contributed by atoms with Gasteiger partial charge in [0.25, 0.3) is 0 Å². The topological polar surface area (TPSA) is 72.1 Å². The van der Waals surface area contributed by atoms with Crippen molar-refractivity contribution < 1.29 is 14.6 Å². The molecule has 0 amide bonds. The van der Waals surface area contributed by atoms with E-state index < -0.39 is 6.10 Å². The zero-order valence-corrected chi connectivity index (χ0v) is 17.3. The zero-order chi connectivity index (χ0) is 20.7.